The number of benzene rings is 1. The average molecular weight is 304 g/mol. The van der Waals surface area contributed by atoms with Crippen LogP contribution in [0.15, 0.2) is 40.0 Å². The molecule has 7 heteroatoms. The molecule has 22 heavy (non-hydrogen) atoms. The van der Waals surface area contributed by atoms with Gasteiger partial charge in [0, 0.05) is 24.9 Å². The van der Waals surface area contributed by atoms with Crippen LogP contribution in [-0.2, 0) is 6.54 Å². The Labute approximate surface area is 129 Å². The summed E-state index contributed by atoms with van der Waals surface area (Å²) in [5.74, 6) is 1.99. The van der Waals surface area contributed by atoms with Gasteiger partial charge in [0.15, 0.2) is 17.5 Å². The Balaban J connectivity index is 2.01. The zero-order chi connectivity index (χ0) is 15.8. The van der Waals surface area contributed by atoms with Gasteiger partial charge < -0.3 is 24.6 Å². The molecule has 0 saturated carbocycles. The second-order valence-corrected chi connectivity index (χ2v) is 4.34. The number of rotatable bonds is 6. The number of anilines is 1. The molecular formula is C15H20N4O3. The first-order valence-corrected chi connectivity index (χ1v) is 6.94. The predicted molar refractivity (Wildman–Crippen MR) is 84.5 cm³/mol. The molecular weight excluding hydrogens is 284 g/mol. The van der Waals surface area contributed by atoms with E-state index in [2.05, 4.69) is 20.8 Å². The van der Waals surface area contributed by atoms with Crippen molar-refractivity contribution in [1.82, 2.24) is 10.5 Å². The SMILES string of the molecule is CCOc1ccc(NC(=NC)NCc2ccon2)cc1OC. The predicted octanol–water partition coefficient (Wildman–Crippen LogP) is 2.27. The molecule has 1 aromatic carbocycles. The van der Waals surface area contributed by atoms with Crippen molar-refractivity contribution in [3.63, 3.8) is 0 Å². The summed E-state index contributed by atoms with van der Waals surface area (Å²) in [6.07, 6.45) is 1.53. The van der Waals surface area contributed by atoms with E-state index in [0.717, 1.165) is 11.4 Å². The van der Waals surface area contributed by atoms with Crippen molar-refractivity contribution in [2.75, 3.05) is 26.1 Å². The van der Waals surface area contributed by atoms with E-state index < -0.39 is 0 Å². The van der Waals surface area contributed by atoms with Gasteiger partial charge in [-0.25, -0.2) is 0 Å². The monoisotopic (exact) mass is 304 g/mol. The Kier molecular flexibility index (Phi) is 5.65. The van der Waals surface area contributed by atoms with Gasteiger partial charge >= 0.3 is 0 Å². The molecule has 0 bridgehead atoms. The van der Waals surface area contributed by atoms with Crippen LogP contribution in [0.3, 0.4) is 0 Å². The molecule has 0 aliphatic rings. The lowest BCUT2D eigenvalue weighted by molar-refractivity contribution is 0.311. The van der Waals surface area contributed by atoms with Gasteiger partial charge in [-0.05, 0) is 19.1 Å². The van der Waals surface area contributed by atoms with Gasteiger partial charge in [0.2, 0.25) is 0 Å². The van der Waals surface area contributed by atoms with Crippen LogP contribution in [0, 0.1) is 0 Å². The fourth-order valence-corrected chi connectivity index (χ4v) is 1.84. The maximum Gasteiger partial charge on any atom is 0.195 e. The minimum Gasteiger partial charge on any atom is -0.493 e. The smallest absolute Gasteiger partial charge is 0.195 e. The number of methoxy groups -OCH3 is 1. The van der Waals surface area contributed by atoms with Crippen molar-refractivity contribution in [2.24, 2.45) is 4.99 Å². The van der Waals surface area contributed by atoms with Crippen LogP contribution in [0.25, 0.3) is 0 Å². The Morgan fingerprint density at radius 3 is 2.82 bits per heavy atom. The van der Waals surface area contributed by atoms with Gasteiger partial charge in [-0.1, -0.05) is 5.16 Å². The normalized spacial score (nSPS) is 11.1. The Bertz CT molecular complexity index is 611. The number of ether oxygens (including phenoxy) is 2. The molecule has 0 amide bonds. The minimum atomic E-state index is 0.518. The summed E-state index contributed by atoms with van der Waals surface area (Å²) in [5.41, 5.74) is 1.64. The second kappa shape index (κ2) is 7.92. The highest BCUT2D eigenvalue weighted by atomic mass is 16.5. The molecule has 0 spiro atoms. The van der Waals surface area contributed by atoms with E-state index in [9.17, 15) is 0 Å². The molecule has 0 radical (unpaired) electrons. The third kappa shape index (κ3) is 4.15. The molecule has 0 fully saturated rings. The topological polar surface area (TPSA) is 80.9 Å². The minimum absolute atomic E-state index is 0.518. The van der Waals surface area contributed by atoms with Gasteiger partial charge in [-0.15, -0.1) is 0 Å². The van der Waals surface area contributed by atoms with E-state index in [1.54, 1.807) is 20.2 Å². The highest BCUT2D eigenvalue weighted by Crippen LogP contribution is 2.30. The zero-order valence-electron chi connectivity index (χ0n) is 12.9. The summed E-state index contributed by atoms with van der Waals surface area (Å²) in [6, 6.07) is 7.40. The molecule has 2 N–H and O–H groups in total. The zero-order valence-corrected chi connectivity index (χ0v) is 12.9. The third-order valence-electron chi connectivity index (χ3n) is 2.88. The second-order valence-electron chi connectivity index (χ2n) is 4.34. The Hall–Kier alpha value is -2.70. The molecule has 2 rings (SSSR count). The number of nitrogens with one attached hydrogen (secondary N) is 2. The lowest BCUT2D eigenvalue weighted by Gasteiger charge is -2.14. The first-order chi connectivity index (χ1) is 10.8. The number of hydrogen-bond acceptors (Lipinski definition) is 5. The largest absolute Gasteiger partial charge is 0.493 e. The van der Waals surface area contributed by atoms with E-state index in [0.29, 0.717) is 30.6 Å². The van der Waals surface area contributed by atoms with Gasteiger partial charge in [-0.2, -0.15) is 0 Å². The molecule has 118 valence electrons. The lowest BCUT2D eigenvalue weighted by Crippen LogP contribution is -2.30. The molecule has 0 atom stereocenters. The summed E-state index contributed by atoms with van der Waals surface area (Å²) < 4.78 is 15.6. The van der Waals surface area contributed by atoms with Crippen molar-refractivity contribution in [2.45, 2.75) is 13.5 Å². The van der Waals surface area contributed by atoms with E-state index >= 15 is 0 Å². The van der Waals surface area contributed by atoms with Gasteiger partial charge in [0.1, 0.15) is 12.0 Å². The molecule has 0 aliphatic heterocycles. The molecule has 0 aliphatic carbocycles. The van der Waals surface area contributed by atoms with Crippen molar-refractivity contribution in [3.8, 4) is 11.5 Å². The maximum absolute atomic E-state index is 5.49. The van der Waals surface area contributed by atoms with Gasteiger partial charge in [0.25, 0.3) is 0 Å². The van der Waals surface area contributed by atoms with Crippen LogP contribution in [0.5, 0.6) is 11.5 Å². The van der Waals surface area contributed by atoms with Crippen LogP contribution >= 0.6 is 0 Å². The van der Waals surface area contributed by atoms with Crippen molar-refractivity contribution >= 4 is 11.6 Å². The fourth-order valence-electron chi connectivity index (χ4n) is 1.84. The first kappa shape index (κ1) is 15.7. The Morgan fingerprint density at radius 1 is 1.32 bits per heavy atom. The summed E-state index contributed by atoms with van der Waals surface area (Å²) in [4.78, 5) is 4.16. The summed E-state index contributed by atoms with van der Waals surface area (Å²) in [5, 5.41) is 10.2. The number of aromatic nitrogens is 1. The number of hydrogen-bond donors (Lipinski definition) is 2. The molecule has 2 aromatic rings. The maximum atomic E-state index is 5.49. The van der Waals surface area contributed by atoms with Crippen molar-refractivity contribution in [3.05, 3.63) is 36.2 Å². The first-order valence-electron chi connectivity index (χ1n) is 6.94. The third-order valence-corrected chi connectivity index (χ3v) is 2.88. The molecule has 0 unspecified atom stereocenters. The van der Waals surface area contributed by atoms with Crippen molar-refractivity contribution < 1.29 is 14.0 Å². The van der Waals surface area contributed by atoms with E-state index in [1.807, 2.05) is 25.1 Å². The summed E-state index contributed by atoms with van der Waals surface area (Å²) in [6.45, 7) is 3.04. The quantitative estimate of drug-likeness (QED) is 0.629. The van der Waals surface area contributed by atoms with Crippen molar-refractivity contribution in [1.29, 1.82) is 0 Å². The van der Waals surface area contributed by atoms with Crippen LogP contribution < -0.4 is 20.1 Å². The van der Waals surface area contributed by atoms with E-state index in [1.165, 1.54) is 6.26 Å². The standard InChI is InChI=1S/C15H20N4O3/c1-4-21-13-6-5-11(9-14(13)20-3)18-15(16-2)17-10-12-7-8-22-19-12/h5-9H,4,10H2,1-3H3,(H2,16,17,18). The summed E-state index contributed by atoms with van der Waals surface area (Å²) in [7, 11) is 3.31. The summed E-state index contributed by atoms with van der Waals surface area (Å²) >= 11 is 0. The highest BCUT2D eigenvalue weighted by molar-refractivity contribution is 5.93. The molecule has 7 nitrogen and oxygen atoms in total. The fraction of sp³-hybridized carbons (Fsp3) is 0.333. The van der Waals surface area contributed by atoms with Crippen LogP contribution in [0.4, 0.5) is 5.69 Å². The number of nitrogens with zero attached hydrogens (tertiary/aromatic N) is 2. The molecule has 1 heterocycles. The number of guanidine groups is 1. The van der Waals surface area contributed by atoms with Crippen LogP contribution in [0.2, 0.25) is 0 Å². The average Bonchev–Trinajstić information content (AvgIpc) is 3.06. The van der Waals surface area contributed by atoms with Gasteiger partial charge in [-0.3, -0.25) is 4.99 Å². The van der Waals surface area contributed by atoms with E-state index in [-0.39, 0.29) is 0 Å². The Morgan fingerprint density at radius 2 is 2.18 bits per heavy atom. The van der Waals surface area contributed by atoms with Crippen LogP contribution in [-0.4, -0.2) is 31.9 Å². The number of aliphatic imine (C=N–C) groups is 1. The van der Waals surface area contributed by atoms with E-state index in [4.69, 9.17) is 14.0 Å². The molecule has 1 aromatic heterocycles. The highest BCUT2D eigenvalue weighted by Gasteiger charge is 2.07. The lowest BCUT2D eigenvalue weighted by atomic mass is 10.2. The van der Waals surface area contributed by atoms with Crippen LogP contribution in [0.1, 0.15) is 12.6 Å². The van der Waals surface area contributed by atoms with Gasteiger partial charge in [0.05, 0.1) is 20.3 Å². The molecule has 0 saturated heterocycles.